The van der Waals surface area contributed by atoms with E-state index in [0.29, 0.717) is 10.8 Å². The fraction of sp³-hybridized carbons (Fsp3) is 0.385. The highest BCUT2D eigenvalue weighted by molar-refractivity contribution is 7.99. The van der Waals surface area contributed by atoms with Crippen molar-refractivity contribution in [3.8, 4) is 11.8 Å². The standard InChI is InChI=1S/C26H29FN6OS/c1-20(31-16-6-3-7-17-31)25-29-30-26(33(25)23-9-4-2-5-10-23)35-19-24(34)32(18-8-15-28)22-13-11-21(27)12-14-22/h2,4-5,9-14,20H,3,6-8,16-19H2,1H3. The van der Waals surface area contributed by atoms with Crippen LogP contribution in [0, 0.1) is 17.1 Å². The maximum absolute atomic E-state index is 13.4. The van der Waals surface area contributed by atoms with Crippen LogP contribution in [0.1, 0.15) is 44.5 Å². The molecule has 1 amide bonds. The van der Waals surface area contributed by atoms with Gasteiger partial charge in [0.05, 0.1) is 24.3 Å². The number of hydrogen-bond acceptors (Lipinski definition) is 6. The Bertz CT molecular complexity index is 1150. The number of carbonyl (C=O) groups is 1. The summed E-state index contributed by atoms with van der Waals surface area (Å²) in [5.74, 6) is 0.423. The smallest absolute Gasteiger partial charge is 0.237 e. The number of benzene rings is 2. The number of halogens is 1. The molecule has 0 radical (unpaired) electrons. The van der Waals surface area contributed by atoms with Crippen LogP contribution in [0.4, 0.5) is 10.1 Å². The quantitative estimate of drug-likeness (QED) is 0.392. The number of aromatic nitrogens is 3. The van der Waals surface area contributed by atoms with Crippen LogP contribution >= 0.6 is 11.8 Å². The summed E-state index contributed by atoms with van der Waals surface area (Å²) >= 11 is 1.32. The second kappa shape index (κ2) is 12.0. The molecule has 0 N–H and O–H groups in total. The number of amides is 1. The zero-order chi connectivity index (χ0) is 24.6. The molecule has 0 saturated carbocycles. The minimum absolute atomic E-state index is 0.0967. The van der Waals surface area contributed by atoms with E-state index in [2.05, 4.69) is 28.1 Å². The number of hydrogen-bond donors (Lipinski definition) is 0. The Morgan fingerprint density at radius 3 is 2.51 bits per heavy atom. The normalized spacial score (nSPS) is 14.9. The van der Waals surface area contributed by atoms with Gasteiger partial charge in [-0.15, -0.1) is 10.2 Å². The number of nitrogens with zero attached hydrogens (tertiary/aromatic N) is 6. The van der Waals surface area contributed by atoms with Gasteiger partial charge in [0.2, 0.25) is 5.91 Å². The molecule has 1 fully saturated rings. The lowest BCUT2D eigenvalue weighted by Crippen LogP contribution is -2.34. The zero-order valence-electron chi connectivity index (χ0n) is 19.8. The van der Waals surface area contributed by atoms with Gasteiger partial charge in [-0.25, -0.2) is 4.39 Å². The Labute approximate surface area is 209 Å². The van der Waals surface area contributed by atoms with Crippen molar-refractivity contribution in [3.63, 3.8) is 0 Å². The topological polar surface area (TPSA) is 78.0 Å². The van der Waals surface area contributed by atoms with Crippen LogP contribution in [-0.4, -0.2) is 51.0 Å². The van der Waals surface area contributed by atoms with Crippen LogP contribution < -0.4 is 4.90 Å². The molecule has 3 aromatic rings. The summed E-state index contributed by atoms with van der Waals surface area (Å²) in [4.78, 5) is 17.1. The molecule has 4 rings (SSSR count). The molecule has 182 valence electrons. The summed E-state index contributed by atoms with van der Waals surface area (Å²) in [6.45, 7) is 4.47. The van der Waals surface area contributed by atoms with Crippen LogP contribution in [0.5, 0.6) is 0 Å². The molecule has 9 heteroatoms. The first kappa shape index (κ1) is 24.9. The third kappa shape index (κ3) is 6.08. The maximum atomic E-state index is 13.4. The minimum Gasteiger partial charge on any atom is -0.311 e. The molecule has 0 aliphatic carbocycles. The van der Waals surface area contributed by atoms with Gasteiger partial charge in [-0.1, -0.05) is 36.4 Å². The van der Waals surface area contributed by atoms with Crippen molar-refractivity contribution >= 4 is 23.4 Å². The molecular formula is C26H29FN6OS. The van der Waals surface area contributed by atoms with Gasteiger partial charge >= 0.3 is 0 Å². The van der Waals surface area contributed by atoms with E-state index in [1.807, 2.05) is 34.9 Å². The van der Waals surface area contributed by atoms with E-state index in [9.17, 15) is 9.18 Å². The molecule has 1 aliphatic rings. The number of para-hydroxylation sites is 1. The average Bonchev–Trinajstić information content (AvgIpc) is 3.33. The van der Waals surface area contributed by atoms with Gasteiger partial charge < -0.3 is 4.90 Å². The first-order chi connectivity index (χ1) is 17.1. The number of anilines is 1. The lowest BCUT2D eigenvalue weighted by Gasteiger charge is -2.31. The van der Waals surface area contributed by atoms with Crippen LogP contribution in [-0.2, 0) is 4.79 Å². The monoisotopic (exact) mass is 492 g/mol. The van der Waals surface area contributed by atoms with Gasteiger partial charge in [0, 0.05) is 17.9 Å². The Hall–Kier alpha value is -3.22. The highest BCUT2D eigenvalue weighted by atomic mass is 32.2. The Balaban J connectivity index is 1.57. The van der Waals surface area contributed by atoms with Gasteiger partial charge in [-0.3, -0.25) is 14.3 Å². The Kier molecular flexibility index (Phi) is 8.50. The molecule has 1 unspecified atom stereocenters. The summed E-state index contributed by atoms with van der Waals surface area (Å²) in [5.41, 5.74) is 1.52. The van der Waals surface area contributed by atoms with E-state index in [4.69, 9.17) is 5.26 Å². The van der Waals surface area contributed by atoms with Crippen LogP contribution in [0.2, 0.25) is 0 Å². The van der Waals surface area contributed by atoms with Crippen molar-refractivity contribution in [2.24, 2.45) is 0 Å². The molecule has 2 heterocycles. The van der Waals surface area contributed by atoms with Gasteiger partial charge in [0.1, 0.15) is 5.82 Å². The van der Waals surface area contributed by atoms with Crippen LogP contribution in [0.15, 0.2) is 59.8 Å². The predicted molar refractivity (Wildman–Crippen MR) is 135 cm³/mol. The minimum atomic E-state index is -0.373. The second-order valence-electron chi connectivity index (χ2n) is 8.50. The molecular weight excluding hydrogens is 463 g/mol. The van der Waals surface area contributed by atoms with Gasteiger partial charge in [0.25, 0.3) is 0 Å². The third-order valence-corrected chi connectivity index (χ3v) is 7.11. The molecule has 0 bridgehead atoms. The summed E-state index contributed by atoms with van der Waals surface area (Å²) in [7, 11) is 0. The number of thioether (sulfide) groups is 1. The van der Waals surface area contributed by atoms with Crippen molar-refractivity contribution in [3.05, 3.63) is 66.2 Å². The number of rotatable bonds is 9. The molecule has 1 aliphatic heterocycles. The summed E-state index contributed by atoms with van der Waals surface area (Å²) in [6.07, 6.45) is 3.81. The van der Waals surface area contributed by atoms with Crippen molar-refractivity contribution < 1.29 is 9.18 Å². The SMILES string of the molecule is CC(c1nnc(SCC(=O)N(CCC#N)c2ccc(F)cc2)n1-c1ccccc1)N1CCCCC1. The van der Waals surface area contributed by atoms with Gasteiger partial charge in [-0.05, 0) is 69.3 Å². The number of likely N-dealkylation sites (tertiary alicyclic amines) is 1. The molecule has 7 nitrogen and oxygen atoms in total. The van der Waals surface area contributed by atoms with E-state index in [1.165, 1.54) is 48.1 Å². The lowest BCUT2D eigenvalue weighted by atomic mass is 10.1. The van der Waals surface area contributed by atoms with Crippen LogP contribution in [0.25, 0.3) is 5.69 Å². The van der Waals surface area contributed by atoms with Crippen LogP contribution in [0.3, 0.4) is 0 Å². The van der Waals surface area contributed by atoms with Gasteiger partial charge in [-0.2, -0.15) is 5.26 Å². The van der Waals surface area contributed by atoms with E-state index in [0.717, 1.165) is 24.6 Å². The fourth-order valence-corrected chi connectivity index (χ4v) is 5.15. The molecule has 2 aromatic carbocycles. The largest absolute Gasteiger partial charge is 0.311 e. The number of nitriles is 1. The summed E-state index contributed by atoms with van der Waals surface area (Å²) in [5, 5.41) is 18.7. The van der Waals surface area contributed by atoms with Crippen molar-refractivity contribution in [2.45, 2.75) is 43.8 Å². The average molecular weight is 493 g/mol. The molecule has 0 spiro atoms. The van der Waals surface area contributed by atoms with Crippen molar-refractivity contribution in [1.82, 2.24) is 19.7 Å². The third-order valence-electron chi connectivity index (χ3n) is 6.20. The molecule has 1 atom stereocenters. The van der Waals surface area contributed by atoms with E-state index >= 15 is 0 Å². The second-order valence-corrected chi connectivity index (χ2v) is 9.45. The van der Waals surface area contributed by atoms with E-state index in [1.54, 1.807) is 12.1 Å². The number of piperidine rings is 1. The first-order valence-electron chi connectivity index (χ1n) is 11.9. The molecule has 1 saturated heterocycles. The predicted octanol–water partition coefficient (Wildman–Crippen LogP) is 4.99. The summed E-state index contributed by atoms with van der Waals surface area (Å²) in [6, 6.07) is 17.9. The van der Waals surface area contributed by atoms with E-state index in [-0.39, 0.29) is 36.5 Å². The molecule has 35 heavy (non-hydrogen) atoms. The zero-order valence-corrected chi connectivity index (χ0v) is 20.6. The van der Waals surface area contributed by atoms with Gasteiger partial charge in [0.15, 0.2) is 11.0 Å². The number of carbonyl (C=O) groups excluding carboxylic acids is 1. The molecule has 1 aromatic heterocycles. The maximum Gasteiger partial charge on any atom is 0.237 e. The first-order valence-corrected chi connectivity index (χ1v) is 12.9. The summed E-state index contributed by atoms with van der Waals surface area (Å²) < 4.78 is 15.4. The highest BCUT2D eigenvalue weighted by Crippen LogP contribution is 2.30. The Morgan fingerprint density at radius 1 is 1.11 bits per heavy atom. The highest BCUT2D eigenvalue weighted by Gasteiger charge is 2.26. The Morgan fingerprint density at radius 2 is 1.83 bits per heavy atom. The lowest BCUT2D eigenvalue weighted by molar-refractivity contribution is -0.116. The fourth-order valence-electron chi connectivity index (χ4n) is 4.32. The van der Waals surface area contributed by atoms with E-state index < -0.39 is 0 Å². The van der Waals surface area contributed by atoms with Crippen molar-refractivity contribution in [1.29, 1.82) is 5.26 Å². The van der Waals surface area contributed by atoms with Crippen molar-refractivity contribution in [2.75, 3.05) is 30.3 Å².